The van der Waals surface area contributed by atoms with Crippen LogP contribution in [0.3, 0.4) is 0 Å². The van der Waals surface area contributed by atoms with Crippen molar-refractivity contribution in [3.63, 3.8) is 0 Å². The summed E-state index contributed by atoms with van der Waals surface area (Å²) >= 11 is 0. The highest BCUT2D eigenvalue weighted by Crippen LogP contribution is 2.23. The molecular formula is C19H27N3O5. The molecule has 0 saturated carbocycles. The van der Waals surface area contributed by atoms with Crippen LogP contribution in [0.2, 0.25) is 0 Å². The number of nitro groups is 1. The number of ether oxygens (including phenoxy) is 1. The van der Waals surface area contributed by atoms with E-state index in [4.69, 9.17) is 4.74 Å². The summed E-state index contributed by atoms with van der Waals surface area (Å²) in [4.78, 5) is 36.7. The molecule has 0 aliphatic carbocycles. The van der Waals surface area contributed by atoms with Gasteiger partial charge in [0.15, 0.2) is 6.61 Å². The van der Waals surface area contributed by atoms with Gasteiger partial charge in [-0.2, -0.15) is 0 Å². The second kappa shape index (κ2) is 9.89. The van der Waals surface area contributed by atoms with Crippen LogP contribution in [0.4, 0.5) is 5.69 Å². The number of nitrogens with one attached hydrogen (secondary N) is 1. The summed E-state index contributed by atoms with van der Waals surface area (Å²) in [5.41, 5.74) is -0.0322. The lowest BCUT2D eigenvalue weighted by Gasteiger charge is -2.37. The van der Waals surface area contributed by atoms with Crippen molar-refractivity contribution in [2.24, 2.45) is 5.92 Å². The molecule has 8 heteroatoms. The van der Waals surface area contributed by atoms with Gasteiger partial charge in [-0.15, -0.1) is 0 Å². The zero-order chi connectivity index (χ0) is 19.8. The van der Waals surface area contributed by atoms with Crippen LogP contribution in [0.15, 0.2) is 24.3 Å². The van der Waals surface area contributed by atoms with Crippen LogP contribution in [0, 0.1) is 16.0 Å². The lowest BCUT2D eigenvalue weighted by Crippen LogP contribution is -2.50. The van der Waals surface area contributed by atoms with Crippen molar-refractivity contribution >= 4 is 17.5 Å². The van der Waals surface area contributed by atoms with Crippen LogP contribution in [0.5, 0.6) is 5.75 Å². The molecule has 1 aliphatic rings. The fraction of sp³-hybridized carbons (Fsp3) is 0.579. The lowest BCUT2D eigenvalue weighted by atomic mass is 9.92. The van der Waals surface area contributed by atoms with Crippen LogP contribution < -0.4 is 10.1 Å². The van der Waals surface area contributed by atoms with Gasteiger partial charge in [-0.25, -0.2) is 0 Å². The van der Waals surface area contributed by atoms with Crippen molar-refractivity contribution in [3.05, 3.63) is 34.4 Å². The predicted molar refractivity (Wildman–Crippen MR) is 100 cm³/mol. The molecular weight excluding hydrogens is 350 g/mol. The number of hydrogen-bond acceptors (Lipinski definition) is 5. The molecule has 0 radical (unpaired) electrons. The van der Waals surface area contributed by atoms with Gasteiger partial charge in [0.1, 0.15) is 5.75 Å². The van der Waals surface area contributed by atoms with E-state index in [1.165, 1.54) is 24.3 Å². The molecule has 1 aromatic rings. The van der Waals surface area contributed by atoms with Crippen LogP contribution in [-0.2, 0) is 9.59 Å². The Bertz CT molecular complexity index is 662. The van der Waals surface area contributed by atoms with Crippen molar-refractivity contribution in [2.75, 3.05) is 19.7 Å². The molecule has 0 bridgehead atoms. The molecule has 8 nitrogen and oxygen atoms in total. The quantitative estimate of drug-likeness (QED) is 0.426. The topological polar surface area (TPSA) is 102 Å². The van der Waals surface area contributed by atoms with E-state index in [0.29, 0.717) is 18.8 Å². The number of piperidine rings is 1. The maximum absolute atomic E-state index is 12.5. The zero-order valence-electron chi connectivity index (χ0n) is 15.8. The standard InChI is InChI=1S/C19H27N3O5/c1-3-4-11-20-19(24)15-6-5-14(2)21(12-15)18(23)13-27-17-9-7-16(8-10-17)22(25)26/h7-10,14-15H,3-6,11-13H2,1-2H3,(H,20,24). The second-order valence-corrected chi connectivity index (χ2v) is 6.85. The van der Waals surface area contributed by atoms with E-state index in [2.05, 4.69) is 12.2 Å². The fourth-order valence-electron chi connectivity index (χ4n) is 3.09. The first-order valence-electron chi connectivity index (χ1n) is 9.36. The highest BCUT2D eigenvalue weighted by Gasteiger charge is 2.32. The molecule has 0 aromatic heterocycles. The average molecular weight is 377 g/mol. The summed E-state index contributed by atoms with van der Waals surface area (Å²) < 4.78 is 5.46. The highest BCUT2D eigenvalue weighted by atomic mass is 16.6. The number of nitro benzene ring substituents is 1. The van der Waals surface area contributed by atoms with E-state index < -0.39 is 4.92 Å². The van der Waals surface area contributed by atoms with Gasteiger partial charge in [-0.05, 0) is 38.3 Å². The van der Waals surface area contributed by atoms with Gasteiger partial charge in [-0.3, -0.25) is 19.7 Å². The Morgan fingerprint density at radius 3 is 2.63 bits per heavy atom. The summed E-state index contributed by atoms with van der Waals surface area (Å²) in [6.45, 7) is 4.93. The number of amides is 2. The van der Waals surface area contributed by atoms with Crippen molar-refractivity contribution in [3.8, 4) is 5.75 Å². The third kappa shape index (κ3) is 5.94. The summed E-state index contributed by atoms with van der Waals surface area (Å²) in [5, 5.41) is 13.6. The first kappa shape index (κ1) is 20.7. The second-order valence-electron chi connectivity index (χ2n) is 6.85. The van der Waals surface area contributed by atoms with Gasteiger partial charge in [0.25, 0.3) is 11.6 Å². The Morgan fingerprint density at radius 2 is 2.00 bits per heavy atom. The van der Waals surface area contributed by atoms with Crippen molar-refractivity contribution in [2.45, 2.75) is 45.6 Å². The Morgan fingerprint density at radius 1 is 1.30 bits per heavy atom. The van der Waals surface area contributed by atoms with Gasteiger partial charge in [-0.1, -0.05) is 13.3 Å². The largest absolute Gasteiger partial charge is 0.484 e. The van der Waals surface area contributed by atoms with Crippen molar-refractivity contribution < 1.29 is 19.2 Å². The zero-order valence-corrected chi connectivity index (χ0v) is 15.8. The maximum atomic E-state index is 12.5. The predicted octanol–water partition coefficient (Wildman–Crippen LogP) is 2.52. The number of hydrogen-bond donors (Lipinski definition) is 1. The van der Waals surface area contributed by atoms with Crippen molar-refractivity contribution in [1.82, 2.24) is 10.2 Å². The number of benzene rings is 1. The van der Waals surface area contributed by atoms with Gasteiger partial charge >= 0.3 is 0 Å². The van der Waals surface area contributed by atoms with E-state index in [0.717, 1.165) is 25.7 Å². The van der Waals surface area contributed by atoms with Gasteiger partial charge in [0.2, 0.25) is 5.91 Å². The van der Waals surface area contributed by atoms with Crippen LogP contribution in [0.1, 0.15) is 39.5 Å². The van der Waals surface area contributed by atoms with E-state index in [1.807, 2.05) is 6.92 Å². The molecule has 1 saturated heterocycles. The molecule has 1 aliphatic heterocycles. The molecule has 0 spiro atoms. The Kier molecular flexibility index (Phi) is 7.57. The Balaban J connectivity index is 1.87. The lowest BCUT2D eigenvalue weighted by molar-refractivity contribution is -0.384. The van der Waals surface area contributed by atoms with Gasteiger partial charge in [0, 0.05) is 31.3 Å². The summed E-state index contributed by atoms with van der Waals surface area (Å²) in [7, 11) is 0. The van der Waals surface area contributed by atoms with Gasteiger partial charge in [0.05, 0.1) is 10.8 Å². The summed E-state index contributed by atoms with van der Waals surface area (Å²) in [6, 6.07) is 5.65. The number of non-ortho nitro benzene ring substituents is 1. The summed E-state index contributed by atoms with van der Waals surface area (Å²) in [6.07, 6.45) is 3.51. The third-order valence-corrected chi connectivity index (χ3v) is 4.81. The van der Waals surface area contributed by atoms with Crippen LogP contribution >= 0.6 is 0 Å². The van der Waals surface area contributed by atoms with E-state index >= 15 is 0 Å². The number of unbranched alkanes of at least 4 members (excludes halogenated alkanes) is 1. The van der Waals surface area contributed by atoms with Crippen molar-refractivity contribution in [1.29, 1.82) is 0 Å². The molecule has 1 aromatic carbocycles. The third-order valence-electron chi connectivity index (χ3n) is 4.81. The molecule has 1 N–H and O–H groups in total. The molecule has 2 atom stereocenters. The molecule has 2 rings (SSSR count). The number of nitrogens with zero attached hydrogens (tertiary/aromatic N) is 2. The minimum absolute atomic E-state index is 0.00411. The number of rotatable bonds is 8. The number of likely N-dealkylation sites (tertiary alicyclic amines) is 1. The molecule has 2 unspecified atom stereocenters. The first-order valence-corrected chi connectivity index (χ1v) is 9.36. The maximum Gasteiger partial charge on any atom is 0.269 e. The van der Waals surface area contributed by atoms with Crippen LogP contribution in [-0.4, -0.2) is 47.4 Å². The molecule has 1 heterocycles. The molecule has 2 amide bonds. The molecule has 148 valence electrons. The minimum atomic E-state index is -0.490. The molecule has 27 heavy (non-hydrogen) atoms. The van der Waals surface area contributed by atoms with Gasteiger partial charge < -0.3 is 15.0 Å². The smallest absolute Gasteiger partial charge is 0.269 e. The number of carbonyl (C=O) groups excluding carboxylic acids is 2. The highest BCUT2D eigenvalue weighted by molar-refractivity contribution is 5.82. The van der Waals surface area contributed by atoms with E-state index in [-0.39, 0.29) is 36.1 Å². The Labute approximate surface area is 159 Å². The van der Waals surface area contributed by atoms with E-state index in [9.17, 15) is 19.7 Å². The SMILES string of the molecule is CCCCNC(=O)C1CCC(C)N(C(=O)COc2ccc([N+](=O)[O-])cc2)C1. The average Bonchev–Trinajstić information content (AvgIpc) is 2.66. The van der Waals surface area contributed by atoms with Crippen LogP contribution in [0.25, 0.3) is 0 Å². The minimum Gasteiger partial charge on any atom is -0.484 e. The molecule has 1 fully saturated rings. The van der Waals surface area contributed by atoms with E-state index in [1.54, 1.807) is 4.90 Å². The Hall–Kier alpha value is -2.64. The monoisotopic (exact) mass is 377 g/mol. The number of carbonyl (C=O) groups is 2. The fourth-order valence-corrected chi connectivity index (χ4v) is 3.09. The first-order chi connectivity index (χ1) is 12.9. The summed E-state index contributed by atoms with van der Waals surface area (Å²) in [5.74, 6) is 0.0187. The normalized spacial score (nSPS) is 19.4.